The molecule has 3 heterocycles. The summed E-state index contributed by atoms with van der Waals surface area (Å²) in [5.74, 6) is -3.59. The number of rotatable bonds is 4. The van der Waals surface area contributed by atoms with Crippen molar-refractivity contribution in [3.8, 4) is 0 Å². The van der Waals surface area contributed by atoms with E-state index < -0.39 is 80.1 Å². The van der Waals surface area contributed by atoms with E-state index in [1.165, 1.54) is 0 Å². The van der Waals surface area contributed by atoms with Crippen LogP contribution in [0.25, 0.3) is 0 Å². The number of aliphatic hydroxyl groups is 7. The van der Waals surface area contributed by atoms with Crippen LogP contribution in [-0.4, -0.2) is 116 Å². The van der Waals surface area contributed by atoms with Crippen molar-refractivity contribution in [3.63, 3.8) is 0 Å². The minimum absolute atomic E-state index is 0.690. The Balaban J connectivity index is 1.89. The third-order valence-electron chi connectivity index (χ3n) is 4.74. The van der Waals surface area contributed by atoms with E-state index in [0.717, 1.165) is 0 Å². The molecular weight excluding hydrogens is 348 g/mol. The van der Waals surface area contributed by atoms with E-state index >= 15 is 0 Å². The van der Waals surface area contributed by atoms with E-state index in [1.807, 2.05) is 0 Å². The Hall–Kier alpha value is -0.930. The summed E-state index contributed by atoms with van der Waals surface area (Å²) in [6.07, 6.45) is -11.6. The Morgan fingerprint density at radius 1 is 1.04 bits per heavy atom. The molecule has 12 heteroatoms. The summed E-state index contributed by atoms with van der Waals surface area (Å²) >= 11 is 0. The number of carbonyl (C=O) groups excluding carboxylic acids is 1. The predicted molar refractivity (Wildman–Crippen MR) is 71.5 cm³/mol. The average molecular weight is 368 g/mol. The maximum Gasteiger partial charge on any atom is 0.347 e. The van der Waals surface area contributed by atoms with Crippen molar-refractivity contribution in [1.82, 2.24) is 0 Å². The van der Waals surface area contributed by atoms with Gasteiger partial charge < -0.3 is 54.7 Å². The lowest BCUT2D eigenvalue weighted by molar-refractivity contribution is -0.382. The Bertz CT molecular complexity index is 527. The summed E-state index contributed by atoms with van der Waals surface area (Å²) in [5.41, 5.74) is -2.71. The topological polar surface area (TPSA) is 196 Å². The molecule has 3 aliphatic heterocycles. The number of cyclic esters (lactones) is 1. The molecule has 3 saturated heterocycles. The lowest BCUT2D eigenvalue weighted by atomic mass is 9.90. The molecule has 0 bridgehead atoms. The molecule has 0 aromatic rings. The highest BCUT2D eigenvalue weighted by Gasteiger charge is 2.76. The van der Waals surface area contributed by atoms with Crippen LogP contribution in [0.4, 0.5) is 0 Å². The molecule has 3 fully saturated rings. The van der Waals surface area contributed by atoms with E-state index in [9.17, 15) is 40.5 Å². The number of hydrogen-bond acceptors (Lipinski definition) is 12. The van der Waals surface area contributed by atoms with Gasteiger partial charge >= 0.3 is 5.97 Å². The highest BCUT2D eigenvalue weighted by atomic mass is 16.8. The van der Waals surface area contributed by atoms with E-state index in [2.05, 4.69) is 4.74 Å². The Labute approximate surface area is 140 Å². The minimum Gasteiger partial charge on any atom is -0.457 e. The smallest absolute Gasteiger partial charge is 0.347 e. The van der Waals surface area contributed by atoms with Crippen LogP contribution in [0.1, 0.15) is 0 Å². The van der Waals surface area contributed by atoms with Crippen molar-refractivity contribution in [2.45, 2.75) is 54.3 Å². The van der Waals surface area contributed by atoms with Crippen molar-refractivity contribution < 1.29 is 59.5 Å². The van der Waals surface area contributed by atoms with Crippen molar-refractivity contribution >= 4 is 5.97 Å². The molecule has 144 valence electrons. The fraction of sp³-hybridized carbons (Fsp3) is 0.923. The fourth-order valence-corrected chi connectivity index (χ4v) is 3.23. The molecule has 9 atom stereocenters. The molecule has 12 nitrogen and oxygen atoms in total. The minimum atomic E-state index is -2.71. The quantitative estimate of drug-likeness (QED) is 0.233. The molecule has 0 saturated carbocycles. The third kappa shape index (κ3) is 2.49. The summed E-state index contributed by atoms with van der Waals surface area (Å²) < 4.78 is 20.5. The van der Waals surface area contributed by atoms with Gasteiger partial charge in [-0.3, -0.25) is 0 Å². The Morgan fingerprint density at radius 3 is 2.28 bits per heavy atom. The molecule has 0 radical (unpaired) electrons. The van der Waals surface area contributed by atoms with Gasteiger partial charge in [0.25, 0.3) is 0 Å². The predicted octanol–water partition coefficient (Wildman–Crippen LogP) is -5.46. The van der Waals surface area contributed by atoms with E-state index in [1.54, 1.807) is 0 Å². The van der Waals surface area contributed by atoms with Gasteiger partial charge in [-0.2, -0.15) is 0 Å². The maximum absolute atomic E-state index is 11.9. The first kappa shape index (κ1) is 18.8. The van der Waals surface area contributed by atoms with Crippen molar-refractivity contribution in [2.75, 3.05) is 19.8 Å². The average Bonchev–Trinajstić information content (AvgIpc) is 2.97. The van der Waals surface area contributed by atoms with Crippen LogP contribution >= 0.6 is 0 Å². The Morgan fingerprint density at radius 2 is 1.68 bits per heavy atom. The van der Waals surface area contributed by atoms with Crippen LogP contribution in [-0.2, 0) is 23.7 Å². The van der Waals surface area contributed by atoms with Crippen molar-refractivity contribution in [1.29, 1.82) is 0 Å². The molecule has 0 spiro atoms. The molecular formula is C13H20O12. The van der Waals surface area contributed by atoms with Gasteiger partial charge in [0, 0.05) is 0 Å². The zero-order valence-electron chi connectivity index (χ0n) is 12.8. The number of carbonyl (C=O) groups is 1. The van der Waals surface area contributed by atoms with Crippen LogP contribution in [0, 0.1) is 0 Å². The maximum atomic E-state index is 11.9. The number of aliphatic hydroxyl groups excluding tert-OH is 6. The number of hydrogen-bond donors (Lipinski definition) is 7. The van der Waals surface area contributed by atoms with Gasteiger partial charge in [0.15, 0.2) is 6.29 Å². The van der Waals surface area contributed by atoms with Crippen LogP contribution < -0.4 is 0 Å². The van der Waals surface area contributed by atoms with Crippen LogP contribution in [0.3, 0.4) is 0 Å². The van der Waals surface area contributed by atoms with E-state index in [0.29, 0.717) is 0 Å². The largest absolute Gasteiger partial charge is 0.457 e. The molecule has 0 amide bonds. The molecule has 7 N–H and O–H groups in total. The molecule has 25 heavy (non-hydrogen) atoms. The second kappa shape index (κ2) is 6.35. The molecule has 3 rings (SSSR count). The third-order valence-corrected chi connectivity index (χ3v) is 4.74. The summed E-state index contributed by atoms with van der Waals surface area (Å²) in [7, 11) is 0. The molecule has 3 aliphatic rings. The highest BCUT2D eigenvalue weighted by molar-refractivity contribution is 5.84. The first-order valence-corrected chi connectivity index (χ1v) is 7.56. The lowest BCUT2D eigenvalue weighted by Crippen LogP contribution is -2.65. The monoisotopic (exact) mass is 368 g/mol. The van der Waals surface area contributed by atoms with Gasteiger partial charge in [-0.1, -0.05) is 0 Å². The zero-order chi connectivity index (χ0) is 18.6. The second-order valence-electron chi connectivity index (χ2n) is 6.19. The van der Waals surface area contributed by atoms with Crippen molar-refractivity contribution in [2.24, 2.45) is 0 Å². The molecule has 0 aromatic heterocycles. The van der Waals surface area contributed by atoms with Crippen molar-refractivity contribution in [3.05, 3.63) is 0 Å². The normalized spacial score (nSPS) is 52.9. The van der Waals surface area contributed by atoms with Gasteiger partial charge in [0.1, 0.15) is 43.2 Å². The number of esters is 1. The fourth-order valence-electron chi connectivity index (χ4n) is 3.23. The summed E-state index contributed by atoms with van der Waals surface area (Å²) in [5, 5.41) is 68.7. The molecule has 0 aliphatic carbocycles. The second-order valence-corrected chi connectivity index (χ2v) is 6.19. The van der Waals surface area contributed by atoms with Crippen LogP contribution in [0.15, 0.2) is 0 Å². The van der Waals surface area contributed by atoms with E-state index in [4.69, 9.17) is 14.2 Å². The number of fused-ring (bicyclic) bond motifs is 1. The van der Waals surface area contributed by atoms with Gasteiger partial charge in [-0.05, 0) is 0 Å². The first-order valence-electron chi connectivity index (χ1n) is 7.56. The summed E-state index contributed by atoms with van der Waals surface area (Å²) in [6, 6.07) is 0. The lowest BCUT2D eigenvalue weighted by Gasteiger charge is -2.43. The van der Waals surface area contributed by atoms with Gasteiger partial charge in [-0.25, -0.2) is 4.79 Å². The van der Waals surface area contributed by atoms with Gasteiger partial charge in [0.2, 0.25) is 11.4 Å². The SMILES string of the molecule is O=C1OC[C@@]2(O[C@H]3O[C@H](CO)[C@@H](O)[C@H](O)[C@H]3O)O[C@H](CO)[C@@H](O)[C@@]12O. The molecule has 0 aromatic carbocycles. The van der Waals surface area contributed by atoms with Crippen LogP contribution in [0.5, 0.6) is 0 Å². The summed E-state index contributed by atoms with van der Waals surface area (Å²) in [4.78, 5) is 11.9. The highest BCUT2D eigenvalue weighted by Crippen LogP contribution is 2.47. The number of ether oxygens (including phenoxy) is 4. The van der Waals surface area contributed by atoms with E-state index in [-0.39, 0.29) is 0 Å². The Kier molecular flexibility index (Phi) is 4.79. The van der Waals surface area contributed by atoms with Crippen LogP contribution in [0.2, 0.25) is 0 Å². The van der Waals surface area contributed by atoms with Gasteiger partial charge in [0.05, 0.1) is 13.2 Å². The standard InChI is InChI=1S/C13H20O12/c14-1-4-6(16)7(17)8(18)10(23-4)25-12-3-22-11(20)13(12,21)9(19)5(2-15)24-12/h4-10,14-19,21H,1-3H2/t4-,5-,6-,7+,8-,9-,10-,12+,13-/m1/s1. The summed E-state index contributed by atoms with van der Waals surface area (Å²) in [6.45, 7) is -2.16. The molecule has 0 unspecified atom stereocenters. The van der Waals surface area contributed by atoms with Gasteiger partial charge in [-0.15, -0.1) is 0 Å². The first-order chi connectivity index (χ1) is 11.7. The zero-order valence-corrected chi connectivity index (χ0v) is 12.8.